The third-order valence-electron chi connectivity index (χ3n) is 15.0. The van der Waals surface area contributed by atoms with Gasteiger partial charge in [0.05, 0.1) is 76.8 Å². The molecule has 75 heavy (non-hydrogen) atoms. The zero-order valence-electron chi connectivity index (χ0n) is 47.9. The Balaban J connectivity index is 1.53. The van der Waals surface area contributed by atoms with Crippen LogP contribution < -0.4 is 31.1 Å². The molecule has 0 saturated heterocycles. The van der Waals surface area contributed by atoms with Crippen molar-refractivity contribution < 1.29 is 9.90 Å². The van der Waals surface area contributed by atoms with Gasteiger partial charge in [-0.1, -0.05) is 216 Å². The van der Waals surface area contributed by atoms with E-state index in [9.17, 15) is 9.90 Å². The van der Waals surface area contributed by atoms with Crippen LogP contribution in [0.2, 0.25) is 118 Å². The van der Waals surface area contributed by atoms with Crippen molar-refractivity contribution in [3.05, 3.63) is 131 Å². The molecule has 2 aliphatic heterocycles. The molecular weight excluding hydrogens is 1010 g/mol. The van der Waals surface area contributed by atoms with Crippen LogP contribution in [-0.4, -0.2) is 79.5 Å². The second kappa shape index (κ2) is 19.1. The summed E-state index contributed by atoms with van der Waals surface area (Å²) in [6.45, 7) is 44.1. The lowest BCUT2D eigenvalue weighted by Gasteiger charge is -2.24. The van der Waals surface area contributed by atoms with Crippen LogP contribution in [0.1, 0.15) is 33.1 Å². The van der Waals surface area contributed by atoms with Crippen molar-refractivity contribution in [2.75, 3.05) is 0 Å². The third kappa shape index (κ3) is 11.1. The Morgan fingerprint density at radius 1 is 0.333 bits per heavy atom. The molecule has 3 aromatic heterocycles. The first-order valence-electron chi connectivity index (χ1n) is 26.7. The molecule has 0 radical (unpaired) electrons. The van der Waals surface area contributed by atoms with E-state index in [-0.39, 0.29) is 5.56 Å². The molecular formula is C63H78N4O2Si6. The van der Waals surface area contributed by atoms with Gasteiger partial charge < -0.3 is 15.1 Å². The maximum absolute atomic E-state index is 12.2. The van der Waals surface area contributed by atoms with Crippen molar-refractivity contribution in [1.29, 1.82) is 0 Å². The maximum Gasteiger partial charge on any atom is 0.335 e. The molecule has 5 heterocycles. The van der Waals surface area contributed by atoms with E-state index in [2.05, 4.69) is 231 Å². The summed E-state index contributed by atoms with van der Waals surface area (Å²) in [4.78, 5) is 31.8. The zero-order chi connectivity index (χ0) is 54.5. The fourth-order valence-corrected chi connectivity index (χ4v) is 17.6. The molecule has 0 spiro atoms. The molecule has 0 fully saturated rings. The molecule has 12 heteroatoms. The number of rotatable bonds is 11. The second-order valence-electron chi connectivity index (χ2n) is 27.3. The average Bonchev–Trinajstić information content (AvgIpc) is 4.16. The summed E-state index contributed by atoms with van der Waals surface area (Å²) in [7, 11) is -10.8. The number of carboxylic acid groups (broad SMARTS) is 1. The molecule has 4 aromatic carbocycles. The summed E-state index contributed by atoms with van der Waals surface area (Å²) in [6.07, 6.45) is 8.81. The van der Waals surface area contributed by atoms with Crippen molar-refractivity contribution in [2.45, 2.75) is 118 Å². The summed E-state index contributed by atoms with van der Waals surface area (Å²) in [6, 6.07) is 38.4. The Bertz CT molecular complexity index is 3520. The molecule has 0 saturated carbocycles. The van der Waals surface area contributed by atoms with Gasteiger partial charge in [-0.2, -0.15) is 0 Å². The van der Waals surface area contributed by atoms with Gasteiger partial charge in [0.25, 0.3) is 0 Å². The summed E-state index contributed by atoms with van der Waals surface area (Å²) in [5.41, 5.74) is 16.1. The highest BCUT2D eigenvalue weighted by molar-refractivity contribution is 6.93. The Morgan fingerprint density at radius 3 is 0.773 bits per heavy atom. The van der Waals surface area contributed by atoms with Crippen LogP contribution in [0, 0.1) is 0 Å². The molecule has 386 valence electrons. The van der Waals surface area contributed by atoms with Crippen LogP contribution in [0.15, 0.2) is 103 Å². The smallest absolute Gasteiger partial charge is 0.335 e. The van der Waals surface area contributed by atoms with Gasteiger partial charge in [-0.3, -0.25) is 0 Å². The number of carbonyl (C=O) groups is 1. The first-order valence-corrected chi connectivity index (χ1v) is 47.7. The number of carboxylic acids is 1. The van der Waals surface area contributed by atoms with Crippen LogP contribution in [0.4, 0.5) is 0 Å². The van der Waals surface area contributed by atoms with Gasteiger partial charge in [-0.25, -0.2) is 14.8 Å². The van der Waals surface area contributed by atoms with E-state index in [4.69, 9.17) is 9.97 Å². The van der Waals surface area contributed by atoms with Crippen LogP contribution >= 0.6 is 0 Å². The van der Waals surface area contributed by atoms with Crippen molar-refractivity contribution in [1.82, 2.24) is 19.9 Å². The normalized spacial score (nSPS) is 13.5. The minimum absolute atomic E-state index is 0.240. The van der Waals surface area contributed by atoms with Crippen molar-refractivity contribution in [2.24, 2.45) is 0 Å². The summed E-state index contributed by atoms with van der Waals surface area (Å²) in [5.74, 6) is -0.956. The zero-order valence-corrected chi connectivity index (χ0v) is 53.9. The molecule has 0 unspecified atom stereocenters. The minimum atomic E-state index is -1.80. The molecule has 0 atom stereocenters. The Hall–Kier alpha value is -5.75. The number of aromatic nitrogens is 4. The Labute approximate surface area is 452 Å². The molecule has 0 aliphatic carbocycles. The SMILES string of the molecule is C[Si](C)(C)c1cc(-c2c3nc(c(-c4cc([Si](C)(C)C)cc([Si](C)(C)C)c4)c4ccc([nH]4)c(-c4cc([Si](C)(C)C)cc([Si](C)(C)C)c4)c4nc(c(-c5ccc(C(=O)O)cc5)c5ccc2[nH]5)C=C4)C=C3)cc([Si](C)(C)C)c1. The van der Waals surface area contributed by atoms with Crippen molar-refractivity contribution in [3.63, 3.8) is 0 Å². The van der Waals surface area contributed by atoms with E-state index in [0.717, 1.165) is 83.8 Å². The lowest BCUT2D eigenvalue weighted by Crippen LogP contribution is -2.45. The number of fused-ring (bicyclic) bond motifs is 8. The highest BCUT2D eigenvalue weighted by Crippen LogP contribution is 2.39. The predicted molar refractivity (Wildman–Crippen MR) is 345 cm³/mol. The topological polar surface area (TPSA) is 94.7 Å². The van der Waals surface area contributed by atoms with Crippen LogP contribution in [0.25, 0.3) is 90.9 Å². The largest absolute Gasteiger partial charge is 0.478 e. The number of aromatic amines is 2. The van der Waals surface area contributed by atoms with Gasteiger partial charge in [-0.05, 0) is 83.0 Å². The third-order valence-corrected chi connectivity index (χ3v) is 27.2. The molecule has 9 rings (SSSR count). The average molecular weight is 1090 g/mol. The summed E-state index contributed by atoms with van der Waals surface area (Å²) in [5, 5.41) is 18.7. The van der Waals surface area contributed by atoms with E-state index < -0.39 is 54.4 Å². The number of H-pyrrole nitrogens is 2. The van der Waals surface area contributed by atoms with E-state index in [1.54, 1.807) is 12.1 Å². The maximum atomic E-state index is 12.2. The number of nitrogens with zero attached hydrogens (tertiary/aromatic N) is 2. The summed E-state index contributed by atoms with van der Waals surface area (Å²) < 4.78 is 0. The van der Waals surface area contributed by atoms with Crippen molar-refractivity contribution >= 4 is 132 Å². The van der Waals surface area contributed by atoms with Gasteiger partial charge in [0.1, 0.15) is 0 Å². The predicted octanol–water partition coefficient (Wildman–Crippen LogP) is 14.3. The molecule has 6 nitrogen and oxygen atoms in total. The van der Waals surface area contributed by atoms with E-state index in [1.807, 2.05) is 12.1 Å². The molecule has 8 bridgehead atoms. The standard InChI is InChI=1S/C63H78N4O2Si6/c1-70(2,3)45-31-42(32-46(37-45)71(4,5)6)60-53-25-23-51(64-53)59(40-19-21-41(22-20-40)63(68)69)52-24-26-54(65-52)61(43-33-47(72(7,8)9)38-48(34-43)73(10,11)12)56-28-30-58(67-56)62(57-29-27-55(60)66-57)44-35-49(74(13,14)15)39-50(36-44)75(16,17)18/h19-39,64,67H,1-18H3,(H,68,69). The van der Waals surface area contributed by atoms with E-state index in [1.165, 1.54) is 36.7 Å². The van der Waals surface area contributed by atoms with Gasteiger partial charge in [0.15, 0.2) is 0 Å². The number of hydrogen-bond donors (Lipinski definition) is 3. The van der Waals surface area contributed by atoms with Crippen LogP contribution in [0.5, 0.6) is 0 Å². The van der Waals surface area contributed by atoms with E-state index in [0.29, 0.717) is 0 Å². The first-order chi connectivity index (χ1) is 34.7. The molecule has 0 amide bonds. The number of benzene rings is 4. The van der Waals surface area contributed by atoms with Gasteiger partial charge >= 0.3 is 5.97 Å². The van der Waals surface area contributed by atoms with Gasteiger partial charge in [0, 0.05) is 44.3 Å². The number of aromatic carboxylic acids is 1. The second-order valence-corrected chi connectivity index (χ2v) is 57.7. The lowest BCUT2D eigenvalue weighted by molar-refractivity contribution is 0.0697. The van der Waals surface area contributed by atoms with Crippen molar-refractivity contribution in [3.8, 4) is 44.5 Å². The Kier molecular flexibility index (Phi) is 13.7. The highest BCUT2D eigenvalue weighted by atomic mass is 28.3. The quantitative estimate of drug-likeness (QED) is 0.113. The Morgan fingerprint density at radius 2 is 0.560 bits per heavy atom. The van der Waals surface area contributed by atoms with Crippen LogP contribution in [0.3, 0.4) is 0 Å². The minimum Gasteiger partial charge on any atom is -0.478 e. The monoisotopic (exact) mass is 1090 g/mol. The molecule has 7 aromatic rings. The fraction of sp³-hybridized carbons (Fsp3) is 0.286. The number of hydrogen-bond acceptors (Lipinski definition) is 3. The van der Waals surface area contributed by atoms with Crippen LogP contribution in [-0.2, 0) is 0 Å². The highest BCUT2D eigenvalue weighted by Gasteiger charge is 2.29. The molecule has 2 aliphatic rings. The van der Waals surface area contributed by atoms with E-state index >= 15 is 0 Å². The number of nitrogens with one attached hydrogen (secondary N) is 2. The molecule has 3 N–H and O–H groups in total. The first kappa shape index (κ1) is 54.1. The van der Waals surface area contributed by atoms with Gasteiger partial charge in [-0.15, -0.1) is 0 Å². The summed E-state index contributed by atoms with van der Waals surface area (Å²) >= 11 is 0. The van der Waals surface area contributed by atoms with Gasteiger partial charge in [0.2, 0.25) is 0 Å². The lowest BCUT2D eigenvalue weighted by atomic mass is 10.0. The fourth-order valence-electron chi connectivity index (χ4n) is 10.1.